The van der Waals surface area contributed by atoms with E-state index in [0.29, 0.717) is 17.9 Å². The van der Waals surface area contributed by atoms with Crippen LogP contribution in [0.5, 0.6) is 5.75 Å². The molecule has 0 saturated carbocycles. The first kappa shape index (κ1) is 15.6. The van der Waals surface area contributed by atoms with E-state index in [1.165, 1.54) is 16.7 Å². The number of thioether (sulfide) groups is 1. The van der Waals surface area contributed by atoms with Crippen molar-refractivity contribution < 1.29 is 24.4 Å². The minimum absolute atomic E-state index is 0.0117. The third kappa shape index (κ3) is 2.82. The predicted molar refractivity (Wildman–Crippen MR) is 83.2 cm³/mol. The fourth-order valence-electron chi connectivity index (χ4n) is 2.61. The number of hydrogen-bond donors (Lipinski definition) is 3. The van der Waals surface area contributed by atoms with Gasteiger partial charge in [0.1, 0.15) is 17.1 Å². The van der Waals surface area contributed by atoms with Crippen molar-refractivity contribution in [2.45, 2.75) is 18.0 Å². The first-order valence-corrected chi connectivity index (χ1v) is 8.05. The summed E-state index contributed by atoms with van der Waals surface area (Å²) in [4.78, 5) is 24.6. The second-order valence-electron chi connectivity index (χ2n) is 5.28. The number of nitrogens with zero attached hydrogens (tertiary/aromatic N) is 2. The fraction of sp³-hybridized carbons (Fsp3) is 0.267. The van der Waals surface area contributed by atoms with Crippen LogP contribution in [0.2, 0.25) is 0 Å². The molecule has 0 radical (unpaired) electrons. The number of pyridine rings is 1. The number of rotatable bonds is 4. The number of carboxylic acid groups (broad SMARTS) is 1. The van der Waals surface area contributed by atoms with Crippen molar-refractivity contribution in [3.63, 3.8) is 0 Å². The molecular weight excluding hydrogens is 318 g/mol. The van der Waals surface area contributed by atoms with Crippen LogP contribution < -0.4 is 10.3 Å². The molecule has 2 atom stereocenters. The van der Waals surface area contributed by atoms with E-state index in [4.69, 9.17) is 5.73 Å². The summed E-state index contributed by atoms with van der Waals surface area (Å²) in [6.07, 6.45) is 6.87. The Morgan fingerprint density at radius 3 is 3.04 bits per heavy atom. The molecule has 23 heavy (non-hydrogen) atoms. The van der Waals surface area contributed by atoms with Gasteiger partial charge >= 0.3 is 5.97 Å². The monoisotopic (exact) mass is 334 g/mol. The molecule has 1 saturated heterocycles. The number of hydrogen-bond acceptors (Lipinski definition) is 5. The van der Waals surface area contributed by atoms with Gasteiger partial charge in [-0.2, -0.15) is 4.57 Å². The maximum Gasteiger partial charge on any atom is 0.352 e. The molecule has 1 fully saturated rings. The van der Waals surface area contributed by atoms with E-state index in [2.05, 4.69) is 0 Å². The zero-order valence-electron chi connectivity index (χ0n) is 12.1. The SMILES string of the molecule is N[C@@H]1C(=O)N2C(C(=O)O)=C(/C=C/C[n+]3cccc(O)c3)CS[C@H]12. The summed E-state index contributed by atoms with van der Waals surface area (Å²) < 4.78 is 1.76. The largest absolute Gasteiger partial charge is 0.503 e. The van der Waals surface area contributed by atoms with Gasteiger partial charge in [-0.1, -0.05) is 6.08 Å². The molecule has 3 rings (SSSR count). The summed E-state index contributed by atoms with van der Waals surface area (Å²) in [5, 5.41) is 18.5. The maximum absolute atomic E-state index is 11.8. The number of carbonyl (C=O) groups is 2. The lowest BCUT2D eigenvalue weighted by Gasteiger charge is -2.47. The predicted octanol–water partition coefficient (Wildman–Crippen LogP) is -0.183. The molecule has 8 heteroatoms. The number of carbonyl (C=O) groups excluding carboxylic acids is 1. The van der Waals surface area contributed by atoms with Crippen molar-refractivity contribution in [2.24, 2.45) is 5.73 Å². The van der Waals surface area contributed by atoms with E-state index in [9.17, 15) is 19.8 Å². The molecule has 2 aliphatic heterocycles. The van der Waals surface area contributed by atoms with Crippen LogP contribution in [0.1, 0.15) is 0 Å². The van der Waals surface area contributed by atoms with E-state index in [0.717, 1.165) is 0 Å². The number of aliphatic carboxylic acids is 1. The van der Waals surface area contributed by atoms with Gasteiger partial charge in [-0.25, -0.2) is 4.79 Å². The Balaban J connectivity index is 1.81. The molecule has 0 aliphatic carbocycles. The van der Waals surface area contributed by atoms with Crippen molar-refractivity contribution in [2.75, 3.05) is 5.75 Å². The van der Waals surface area contributed by atoms with Crippen LogP contribution in [0.25, 0.3) is 0 Å². The molecule has 0 spiro atoms. The van der Waals surface area contributed by atoms with E-state index in [1.807, 2.05) is 0 Å². The van der Waals surface area contributed by atoms with Gasteiger partial charge in [-0.15, -0.1) is 11.8 Å². The topological polar surface area (TPSA) is 108 Å². The Kier molecular flexibility index (Phi) is 4.10. The molecule has 120 valence electrons. The normalized spacial score (nSPS) is 23.9. The highest BCUT2D eigenvalue weighted by molar-refractivity contribution is 8.00. The summed E-state index contributed by atoms with van der Waals surface area (Å²) in [6, 6.07) is 2.66. The molecule has 3 heterocycles. The number of β-lactam (4-membered cyclic amide) rings is 1. The van der Waals surface area contributed by atoms with Gasteiger partial charge in [-0.3, -0.25) is 9.69 Å². The van der Waals surface area contributed by atoms with Gasteiger partial charge in [0.25, 0.3) is 0 Å². The molecule has 0 bridgehead atoms. The molecule has 2 aliphatic rings. The van der Waals surface area contributed by atoms with Crippen molar-refractivity contribution in [1.82, 2.24) is 4.90 Å². The summed E-state index contributed by atoms with van der Waals surface area (Å²) in [7, 11) is 0. The lowest BCUT2D eigenvalue weighted by molar-refractivity contribution is -0.687. The first-order chi connectivity index (χ1) is 11.0. The molecule has 1 aromatic rings. The van der Waals surface area contributed by atoms with Crippen molar-refractivity contribution in [1.29, 1.82) is 0 Å². The first-order valence-electron chi connectivity index (χ1n) is 7.00. The second-order valence-corrected chi connectivity index (χ2v) is 6.38. The third-order valence-electron chi connectivity index (χ3n) is 3.72. The number of carboxylic acids is 1. The Morgan fingerprint density at radius 2 is 2.35 bits per heavy atom. The van der Waals surface area contributed by atoms with E-state index < -0.39 is 12.0 Å². The van der Waals surface area contributed by atoms with Gasteiger partial charge in [0.15, 0.2) is 18.5 Å². The highest BCUT2D eigenvalue weighted by Gasteiger charge is 2.51. The molecule has 4 N–H and O–H groups in total. The summed E-state index contributed by atoms with van der Waals surface area (Å²) in [5.41, 5.74) is 6.30. The smallest absolute Gasteiger partial charge is 0.352 e. The number of fused-ring (bicyclic) bond motifs is 1. The highest BCUT2D eigenvalue weighted by atomic mass is 32.2. The molecule has 0 aromatic carbocycles. The van der Waals surface area contributed by atoms with Gasteiger partial charge in [0.2, 0.25) is 12.1 Å². The van der Waals surface area contributed by atoms with Crippen LogP contribution >= 0.6 is 11.8 Å². The number of allylic oxidation sites excluding steroid dienone is 2. The standard InChI is InChI=1S/C15H15N3O4S/c16-11-13(20)18-12(15(21)22)9(8-23-14(11)18)3-1-5-17-6-2-4-10(19)7-17/h1-4,6-7,11,14H,5,8,16H2,(H-,19,21,22)/p+1/b3-1+/t11-,14-/m1/s1. The minimum Gasteiger partial charge on any atom is -0.503 e. The van der Waals surface area contributed by atoms with Crippen molar-refractivity contribution >= 4 is 23.6 Å². The lowest BCUT2D eigenvalue weighted by Crippen LogP contribution is -2.68. The maximum atomic E-state index is 11.8. The zero-order chi connectivity index (χ0) is 16.6. The van der Waals surface area contributed by atoms with Crippen LogP contribution in [0.15, 0.2) is 47.9 Å². The van der Waals surface area contributed by atoms with Crippen molar-refractivity contribution in [3.8, 4) is 5.75 Å². The Labute approximate surface area is 136 Å². The Bertz CT molecular complexity index is 731. The molecule has 0 unspecified atom stereocenters. The summed E-state index contributed by atoms with van der Waals surface area (Å²) >= 11 is 1.46. The molecule has 1 amide bonds. The molecule has 1 aromatic heterocycles. The lowest BCUT2D eigenvalue weighted by atomic mass is 10.0. The Hall–Kier alpha value is -2.32. The average molecular weight is 334 g/mol. The van der Waals surface area contributed by atoms with E-state index >= 15 is 0 Å². The zero-order valence-corrected chi connectivity index (χ0v) is 12.9. The van der Waals surface area contributed by atoms with Crippen LogP contribution in [0.4, 0.5) is 0 Å². The Morgan fingerprint density at radius 1 is 1.57 bits per heavy atom. The minimum atomic E-state index is -1.12. The van der Waals surface area contributed by atoms with Crippen LogP contribution in [-0.2, 0) is 16.1 Å². The van der Waals surface area contributed by atoms with Crippen LogP contribution in [0, 0.1) is 0 Å². The van der Waals surface area contributed by atoms with Crippen LogP contribution in [-0.4, -0.2) is 44.2 Å². The fourth-order valence-corrected chi connectivity index (χ4v) is 3.87. The van der Waals surface area contributed by atoms with Gasteiger partial charge < -0.3 is 15.9 Å². The van der Waals surface area contributed by atoms with Gasteiger partial charge in [-0.05, 0) is 17.7 Å². The van der Waals surface area contributed by atoms with Gasteiger partial charge in [0, 0.05) is 11.8 Å². The number of aromatic nitrogens is 1. The quantitative estimate of drug-likeness (QED) is 0.521. The summed E-state index contributed by atoms with van der Waals surface area (Å²) in [6.45, 7) is 0.479. The summed E-state index contributed by atoms with van der Waals surface area (Å²) in [5.74, 6) is -0.832. The van der Waals surface area contributed by atoms with E-state index in [1.54, 1.807) is 41.2 Å². The van der Waals surface area contributed by atoms with E-state index in [-0.39, 0.29) is 22.7 Å². The molecule has 7 nitrogen and oxygen atoms in total. The molecular formula is C15H16N3O4S+. The van der Waals surface area contributed by atoms with Gasteiger partial charge in [0.05, 0.1) is 0 Å². The number of amides is 1. The van der Waals surface area contributed by atoms with Crippen molar-refractivity contribution in [3.05, 3.63) is 47.9 Å². The third-order valence-corrected chi connectivity index (χ3v) is 5.04. The average Bonchev–Trinajstić information content (AvgIpc) is 2.53. The number of aromatic hydroxyl groups is 1. The number of nitrogens with two attached hydrogens (primary N) is 1. The second kappa shape index (κ2) is 6.05. The highest BCUT2D eigenvalue weighted by Crippen LogP contribution is 2.39. The van der Waals surface area contributed by atoms with Crippen LogP contribution in [0.3, 0.4) is 0 Å².